The molecule has 0 fully saturated rings. The third-order valence-corrected chi connectivity index (χ3v) is 3.74. The van der Waals surface area contributed by atoms with E-state index in [9.17, 15) is 9.59 Å². The van der Waals surface area contributed by atoms with Crippen molar-refractivity contribution in [2.24, 2.45) is 0 Å². The van der Waals surface area contributed by atoms with Gasteiger partial charge in [-0.05, 0) is 38.0 Å². The first-order valence-electron chi connectivity index (χ1n) is 9.08. The Bertz CT molecular complexity index is 835. The molecule has 0 N–H and O–H groups in total. The zero-order valence-corrected chi connectivity index (χ0v) is 16.8. The molecule has 0 atom stereocenters. The van der Waals surface area contributed by atoms with Gasteiger partial charge < -0.3 is 23.7 Å². The summed E-state index contributed by atoms with van der Waals surface area (Å²) in [6, 6.07) is 6.33. The lowest BCUT2D eigenvalue weighted by atomic mass is 10.1. The minimum Gasteiger partial charge on any atom is -0.490 e. The molecule has 0 bridgehead atoms. The van der Waals surface area contributed by atoms with Gasteiger partial charge in [-0.25, -0.2) is 9.59 Å². The third-order valence-electron chi connectivity index (χ3n) is 3.50. The van der Waals surface area contributed by atoms with Crippen LogP contribution in [0.2, 0.25) is 5.02 Å². The fourth-order valence-corrected chi connectivity index (χ4v) is 2.54. The van der Waals surface area contributed by atoms with Crippen molar-refractivity contribution in [3.05, 3.63) is 29.3 Å². The molecule has 0 aromatic heterocycles. The quantitative estimate of drug-likeness (QED) is 0.405. The predicted octanol–water partition coefficient (Wildman–Crippen LogP) is 5.74. The Hall–Kier alpha value is -2.67. The number of fused-ring (bicyclic) bond motifs is 1. The fourth-order valence-electron chi connectivity index (χ4n) is 2.37. The van der Waals surface area contributed by atoms with Gasteiger partial charge in [0.25, 0.3) is 0 Å². The fraction of sp³-hybridized carbons (Fsp3) is 0.400. The van der Waals surface area contributed by atoms with Crippen molar-refractivity contribution in [2.75, 3.05) is 19.8 Å². The highest BCUT2D eigenvalue weighted by atomic mass is 35.5. The van der Waals surface area contributed by atoms with Gasteiger partial charge in [-0.1, -0.05) is 25.4 Å². The van der Waals surface area contributed by atoms with Gasteiger partial charge in [-0.15, -0.1) is 0 Å². The number of hydrogen-bond acceptors (Lipinski definition) is 7. The van der Waals surface area contributed by atoms with E-state index in [2.05, 4.69) is 0 Å². The maximum atomic E-state index is 12.0. The zero-order chi connectivity index (χ0) is 20.5. The van der Waals surface area contributed by atoms with Gasteiger partial charge in [-0.2, -0.15) is 0 Å². The maximum Gasteiger partial charge on any atom is 0.513 e. The molecule has 0 saturated carbocycles. The average Bonchev–Trinajstić information content (AvgIpc) is 2.67. The van der Waals surface area contributed by atoms with Crippen molar-refractivity contribution in [3.8, 4) is 17.2 Å². The molecule has 152 valence electrons. The molecule has 0 unspecified atom stereocenters. The van der Waals surface area contributed by atoms with Crippen LogP contribution in [0.4, 0.5) is 9.59 Å². The summed E-state index contributed by atoms with van der Waals surface area (Å²) in [4.78, 5) is 23.9. The second kappa shape index (κ2) is 10.6. The van der Waals surface area contributed by atoms with Gasteiger partial charge in [0.05, 0.1) is 19.8 Å². The second-order valence-electron chi connectivity index (χ2n) is 5.73. The average molecular weight is 411 g/mol. The molecule has 0 aliphatic heterocycles. The summed E-state index contributed by atoms with van der Waals surface area (Å²) in [5, 5.41) is 1.35. The van der Waals surface area contributed by atoms with Crippen molar-refractivity contribution in [1.82, 2.24) is 0 Å². The third kappa shape index (κ3) is 5.66. The molecule has 0 heterocycles. The van der Waals surface area contributed by atoms with Gasteiger partial charge >= 0.3 is 12.3 Å². The van der Waals surface area contributed by atoms with E-state index in [1.807, 2.05) is 13.8 Å². The van der Waals surface area contributed by atoms with E-state index in [1.165, 1.54) is 6.07 Å². The monoisotopic (exact) mass is 410 g/mol. The van der Waals surface area contributed by atoms with Crippen LogP contribution in [0.25, 0.3) is 10.8 Å². The maximum absolute atomic E-state index is 12.0. The summed E-state index contributed by atoms with van der Waals surface area (Å²) in [5.74, 6) is 0.560. The van der Waals surface area contributed by atoms with E-state index >= 15 is 0 Å². The summed E-state index contributed by atoms with van der Waals surface area (Å²) in [6.45, 7) is 6.30. The molecule has 0 radical (unpaired) electrons. The molecule has 7 nitrogen and oxygen atoms in total. The lowest BCUT2D eigenvalue weighted by Crippen LogP contribution is -2.14. The molecule has 0 saturated heterocycles. The van der Waals surface area contributed by atoms with Crippen LogP contribution < -0.4 is 14.2 Å². The molecule has 2 aromatic carbocycles. The Balaban J connectivity index is 2.50. The predicted molar refractivity (Wildman–Crippen MR) is 105 cm³/mol. The summed E-state index contributed by atoms with van der Waals surface area (Å²) in [7, 11) is 0. The van der Waals surface area contributed by atoms with E-state index in [-0.39, 0.29) is 30.5 Å². The highest BCUT2D eigenvalue weighted by molar-refractivity contribution is 6.31. The zero-order valence-electron chi connectivity index (χ0n) is 16.1. The van der Waals surface area contributed by atoms with Crippen LogP contribution in [-0.2, 0) is 9.47 Å². The largest absolute Gasteiger partial charge is 0.513 e. The highest BCUT2D eigenvalue weighted by Gasteiger charge is 2.21. The Labute approximate surface area is 168 Å². The Kier molecular flexibility index (Phi) is 8.19. The van der Waals surface area contributed by atoms with Crippen molar-refractivity contribution >= 4 is 34.7 Å². The summed E-state index contributed by atoms with van der Waals surface area (Å²) >= 11 is 6.10. The number of ether oxygens (including phenoxy) is 5. The van der Waals surface area contributed by atoms with Crippen molar-refractivity contribution in [2.45, 2.75) is 33.6 Å². The lowest BCUT2D eigenvalue weighted by Gasteiger charge is -2.16. The Morgan fingerprint density at radius 1 is 0.857 bits per heavy atom. The van der Waals surface area contributed by atoms with E-state index in [0.717, 1.165) is 0 Å². The van der Waals surface area contributed by atoms with Crippen molar-refractivity contribution in [1.29, 1.82) is 0 Å². The van der Waals surface area contributed by atoms with Crippen LogP contribution in [0.3, 0.4) is 0 Å². The minimum absolute atomic E-state index is 0.156. The van der Waals surface area contributed by atoms with Gasteiger partial charge in [0.15, 0.2) is 11.5 Å². The molecule has 28 heavy (non-hydrogen) atoms. The van der Waals surface area contributed by atoms with Crippen molar-refractivity contribution in [3.63, 3.8) is 0 Å². The molecule has 0 aliphatic rings. The van der Waals surface area contributed by atoms with Gasteiger partial charge in [0.1, 0.15) is 5.75 Å². The number of hydrogen-bond donors (Lipinski definition) is 0. The van der Waals surface area contributed by atoms with Crippen LogP contribution in [-0.4, -0.2) is 32.1 Å². The molecule has 0 spiro atoms. The summed E-state index contributed by atoms with van der Waals surface area (Å²) in [6.07, 6.45) is -0.369. The first-order valence-corrected chi connectivity index (χ1v) is 9.46. The number of halogens is 1. The Morgan fingerprint density at radius 3 is 2.11 bits per heavy atom. The van der Waals surface area contributed by atoms with E-state index in [4.69, 9.17) is 35.3 Å². The normalized spacial score (nSPS) is 10.4. The van der Waals surface area contributed by atoms with Crippen LogP contribution in [0, 0.1) is 0 Å². The molecular weight excluding hydrogens is 388 g/mol. The van der Waals surface area contributed by atoms with Gasteiger partial charge in [0, 0.05) is 21.9 Å². The summed E-state index contributed by atoms with van der Waals surface area (Å²) in [5.41, 5.74) is 0. The number of carbonyl (C=O) groups excluding carboxylic acids is 2. The first-order chi connectivity index (χ1) is 13.5. The van der Waals surface area contributed by atoms with Gasteiger partial charge in [0.2, 0.25) is 0 Å². The second-order valence-corrected chi connectivity index (χ2v) is 6.16. The van der Waals surface area contributed by atoms with E-state index in [1.54, 1.807) is 25.1 Å². The topological polar surface area (TPSA) is 80.3 Å². The molecule has 2 aromatic rings. The summed E-state index contributed by atoms with van der Waals surface area (Å²) < 4.78 is 26.3. The molecular formula is C20H23ClO7. The van der Waals surface area contributed by atoms with E-state index in [0.29, 0.717) is 35.2 Å². The minimum atomic E-state index is -0.852. The molecule has 0 amide bonds. The lowest BCUT2D eigenvalue weighted by molar-refractivity contribution is 0.0965. The standard InChI is InChI=1S/C20H23ClO7/c1-4-9-25-19(22)27-16-12-17(24-6-3)18(28-20(23)26-10-5-2)14-8-7-13(21)11-15(14)16/h7-8,11-12H,4-6,9-10H2,1-3H3. The highest BCUT2D eigenvalue weighted by Crippen LogP contribution is 2.43. The smallest absolute Gasteiger partial charge is 0.490 e. The van der Waals surface area contributed by atoms with E-state index < -0.39 is 12.3 Å². The number of rotatable bonds is 8. The van der Waals surface area contributed by atoms with Gasteiger partial charge in [-0.3, -0.25) is 0 Å². The SMILES string of the molecule is CCCOC(=O)Oc1cc(OCC)c(OC(=O)OCCC)c2ccc(Cl)cc12. The van der Waals surface area contributed by atoms with Crippen LogP contribution in [0.5, 0.6) is 17.2 Å². The number of carbonyl (C=O) groups is 2. The van der Waals surface area contributed by atoms with Crippen LogP contribution in [0.1, 0.15) is 33.6 Å². The first kappa shape index (κ1) is 21.6. The number of benzene rings is 2. The van der Waals surface area contributed by atoms with Crippen molar-refractivity contribution < 1.29 is 33.3 Å². The molecule has 8 heteroatoms. The van der Waals surface area contributed by atoms with Crippen LogP contribution in [0.15, 0.2) is 24.3 Å². The Morgan fingerprint density at radius 2 is 1.50 bits per heavy atom. The molecule has 0 aliphatic carbocycles. The van der Waals surface area contributed by atoms with Crippen LogP contribution >= 0.6 is 11.6 Å². The molecule has 2 rings (SSSR count).